The van der Waals surface area contributed by atoms with Crippen LogP contribution in [0.1, 0.15) is 32.4 Å². The van der Waals surface area contributed by atoms with Gasteiger partial charge in [-0.2, -0.15) is 0 Å². The third kappa shape index (κ3) is 6.33. The maximum Gasteiger partial charge on any atom is 0.407 e. The summed E-state index contributed by atoms with van der Waals surface area (Å²) in [7, 11) is 0. The van der Waals surface area contributed by atoms with Crippen molar-refractivity contribution in [3.05, 3.63) is 90.5 Å². The third-order valence-corrected chi connectivity index (χ3v) is 4.74. The molecule has 6 heteroatoms. The summed E-state index contributed by atoms with van der Waals surface area (Å²) < 4.78 is 5.15. The lowest BCUT2D eigenvalue weighted by molar-refractivity contribution is 0.0129. The van der Waals surface area contributed by atoms with Gasteiger partial charge in [-0.05, 0) is 62.7 Å². The van der Waals surface area contributed by atoms with Gasteiger partial charge in [0.05, 0.1) is 0 Å². The fraction of sp³-hybridized carbons (Fsp3) is 0.269. The fourth-order valence-corrected chi connectivity index (χ4v) is 3.26. The molecule has 0 heterocycles. The molecule has 32 heavy (non-hydrogen) atoms. The van der Waals surface area contributed by atoms with E-state index < -0.39 is 23.9 Å². The molecule has 0 aliphatic rings. The molecule has 3 aromatic rings. The lowest BCUT2D eigenvalue weighted by Crippen LogP contribution is -2.38. The minimum Gasteiger partial charge on any atom is -0.444 e. The second-order valence-corrected chi connectivity index (χ2v) is 8.49. The smallest absolute Gasteiger partial charge is 0.407 e. The van der Waals surface area contributed by atoms with Crippen LogP contribution in [0.4, 0.5) is 21.9 Å². The summed E-state index contributed by atoms with van der Waals surface area (Å²) in [5.41, 5.74) is 2.85. The lowest BCUT2D eigenvalue weighted by atomic mass is 10.0. The Bertz CT molecular complexity index is 946. The van der Waals surface area contributed by atoms with Crippen molar-refractivity contribution in [1.82, 2.24) is 5.32 Å². The van der Waals surface area contributed by atoms with Crippen LogP contribution in [0.25, 0.3) is 0 Å². The van der Waals surface area contributed by atoms with Crippen LogP contribution < -0.4 is 10.2 Å². The summed E-state index contributed by atoms with van der Waals surface area (Å²) >= 11 is 0. The van der Waals surface area contributed by atoms with Crippen LogP contribution in [0, 0.1) is 0 Å². The van der Waals surface area contributed by atoms with Crippen LogP contribution in [0.2, 0.25) is 0 Å². The van der Waals surface area contributed by atoms with Gasteiger partial charge in [-0.3, -0.25) is 0 Å². The van der Waals surface area contributed by atoms with Gasteiger partial charge in [0.1, 0.15) is 17.8 Å². The normalized spacial score (nSPS) is 13.2. The van der Waals surface area contributed by atoms with E-state index in [1.165, 1.54) is 0 Å². The number of para-hydroxylation sites is 2. The number of ether oxygens (including phenoxy) is 1. The van der Waals surface area contributed by atoms with Gasteiger partial charge in [-0.15, -0.1) is 0 Å². The van der Waals surface area contributed by atoms with E-state index >= 15 is 0 Å². The molecule has 0 fully saturated rings. The van der Waals surface area contributed by atoms with Crippen molar-refractivity contribution in [2.24, 2.45) is 0 Å². The molecule has 0 aromatic heterocycles. The number of hydrogen-bond donors (Lipinski definition) is 3. The molecule has 3 aromatic carbocycles. The molecule has 2 unspecified atom stereocenters. The van der Waals surface area contributed by atoms with Crippen LogP contribution in [0.15, 0.2) is 84.9 Å². The number of amides is 1. The molecular weight excluding hydrogens is 404 g/mol. The van der Waals surface area contributed by atoms with E-state index in [1.54, 1.807) is 32.9 Å². The van der Waals surface area contributed by atoms with Gasteiger partial charge in [-0.1, -0.05) is 48.5 Å². The van der Waals surface area contributed by atoms with Crippen molar-refractivity contribution in [3.63, 3.8) is 0 Å². The topological polar surface area (TPSA) is 82.0 Å². The van der Waals surface area contributed by atoms with E-state index in [0.29, 0.717) is 5.56 Å². The van der Waals surface area contributed by atoms with Crippen molar-refractivity contribution in [2.45, 2.75) is 38.6 Å². The Morgan fingerprint density at radius 3 is 1.78 bits per heavy atom. The third-order valence-electron chi connectivity index (χ3n) is 4.74. The molecule has 1 amide bonds. The molecule has 0 spiro atoms. The van der Waals surface area contributed by atoms with Crippen LogP contribution in [0.3, 0.4) is 0 Å². The van der Waals surface area contributed by atoms with E-state index in [9.17, 15) is 15.0 Å². The Hall–Kier alpha value is -3.35. The first-order valence-electron chi connectivity index (χ1n) is 10.6. The number of carbonyl (C=O) groups excluding carboxylic acids is 1. The standard InChI is InChI=1S/C26H30N2O4/c1-26(2,3)32-25(31)27-18-23(29)24(30)19-14-16-22(17-15-19)28(20-10-6-4-7-11-20)21-12-8-5-9-13-21/h4-17,23-24,29-30H,18H2,1-3H3,(H,27,31). The molecule has 0 aliphatic carbocycles. The van der Waals surface area contributed by atoms with Gasteiger partial charge in [-0.25, -0.2) is 4.79 Å². The van der Waals surface area contributed by atoms with Gasteiger partial charge in [0.2, 0.25) is 0 Å². The molecule has 168 valence electrons. The fourth-order valence-electron chi connectivity index (χ4n) is 3.26. The first-order chi connectivity index (χ1) is 15.2. The minimum atomic E-state index is -1.17. The molecule has 6 nitrogen and oxygen atoms in total. The zero-order chi connectivity index (χ0) is 23.1. The number of alkyl carbamates (subject to hydrolysis) is 1. The Labute approximate surface area is 189 Å². The maximum absolute atomic E-state index is 11.8. The highest BCUT2D eigenvalue weighted by Crippen LogP contribution is 2.34. The van der Waals surface area contributed by atoms with Gasteiger partial charge < -0.3 is 25.2 Å². The molecule has 2 atom stereocenters. The molecule has 0 radical (unpaired) electrons. The summed E-state index contributed by atoms with van der Waals surface area (Å²) in [4.78, 5) is 13.9. The summed E-state index contributed by atoms with van der Waals surface area (Å²) in [6.07, 6.45) is -2.96. The Morgan fingerprint density at radius 2 is 1.31 bits per heavy atom. The second kappa shape index (κ2) is 10.3. The van der Waals surface area contributed by atoms with Crippen molar-refractivity contribution in [2.75, 3.05) is 11.4 Å². The number of rotatable bonds is 7. The van der Waals surface area contributed by atoms with Crippen molar-refractivity contribution in [3.8, 4) is 0 Å². The average molecular weight is 435 g/mol. The first-order valence-corrected chi connectivity index (χ1v) is 10.6. The minimum absolute atomic E-state index is 0.127. The molecule has 0 aliphatic heterocycles. The zero-order valence-electron chi connectivity index (χ0n) is 18.6. The molecule has 0 bridgehead atoms. The SMILES string of the molecule is CC(C)(C)OC(=O)NCC(O)C(O)c1ccc(N(c2ccccc2)c2ccccc2)cc1. The highest BCUT2D eigenvalue weighted by molar-refractivity contribution is 5.76. The molecule has 0 saturated carbocycles. The number of anilines is 3. The molecule has 0 saturated heterocycles. The van der Waals surface area contributed by atoms with E-state index in [2.05, 4.69) is 10.2 Å². The Kier molecular flexibility index (Phi) is 7.51. The second-order valence-electron chi connectivity index (χ2n) is 8.49. The number of aliphatic hydroxyl groups excluding tert-OH is 2. The highest BCUT2D eigenvalue weighted by atomic mass is 16.6. The molecule has 3 N–H and O–H groups in total. The van der Waals surface area contributed by atoms with E-state index in [4.69, 9.17) is 4.74 Å². The number of hydrogen-bond acceptors (Lipinski definition) is 5. The van der Waals surface area contributed by atoms with Crippen LogP contribution in [-0.2, 0) is 4.74 Å². The lowest BCUT2D eigenvalue weighted by Gasteiger charge is -2.26. The van der Waals surface area contributed by atoms with Crippen LogP contribution in [0.5, 0.6) is 0 Å². The number of nitrogens with one attached hydrogen (secondary N) is 1. The summed E-state index contributed by atoms with van der Waals surface area (Å²) in [5, 5.41) is 23.3. The Balaban J connectivity index is 1.73. The van der Waals surface area contributed by atoms with Crippen molar-refractivity contribution >= 4 is 23.2 Å². The largest absolute Gasteiger partial charge is 0.444 e. The van der Waals surface area contributed by atoms with Gasteiger partial charge in [0, 0.05) is 23.6 Å². The van der Waals surface area contributed by atoms with Gasteiger partial charge >= 0.3 is 6.09 Å². The monoisotopic (exact) mass is 434 g/mol. The summed E-state index contributed by atoms with van der Waals surface area (Å²) in [6, 6.07) is 27.3. The van der Waals surface area contributed by atoms with E-state index in [-0.39, 0.29) is 6.54 Å². The first kappa shape index (κ1) is 23.3. The molecule has 3 rings (SSSR count). The number of nitrogens with zero attached hydrogens (tertiary/aromatic N) is 1. The van der Waals surface area contributed by atoms with E-state index in [1.807, 2.05) is 72.8 Å². The average Bonchev–Trinajstić information content (AvgIpc) is 2.78. The van der Waals surface area contributed by atoms with Crippen molar-refractivity contribution < 1.29 is 19.7 Å². The predicted octanol–water partition coefficient (Wildman–Crippen LogP) is 5.08. The van der Waals surface area contributed by atoms with Gasteiger partial charge in [0.15, 0.2) is 0 Å². The van der Waals surface area contributed by atoms with E-state index in [0.717, 1.165) is 17.1 Å². The number of aliphatic hydroxyl groups is 2. The quantitative estimate of drug-likeness (QED) is 0.483. The van der Waals surface area contributed by atoms with Crippen LogP contribution in [-0.4, -0.2) is 34.6 Å². The summed E-state index contributed by atoms with van der Waals surface area (Å²) in [6.45, 7) is 5.15. The predicted molar refractivity (Wildman–Crippen MR) is 126 cm³/mol. The maximum atomic E-state index is 11.8. The zero-order valence-corrected chi connectivity index (χ0v) is 18.6. The van der Waals surface area contributed by atoms with Crippen molar-refractivity contribution in [1.29, 1.82) is 0 Å². The Morgan fingerprint density at radius 1 is 0.844 bits per heavy atom. The summed E-state index contributed by atoms with van der Waals surface area (Å²) in [5.74, 6) is 0. The number of carbonyl (C=O) groups is 1. The van der Waals surface area contributed by atoms with Gasteiger partial charge in [0.25, 0.3) is 0 Å². The highest BCUT2D eigenvalue weighted by Gasteiger charge is 2.22. The molecular formula is C26H30N2O4. The number of benzene rings is 3. The van der Waals surface area contributed by atoms with Crippen LogP contribution >= 0.6 is 0 Å².